The summed E-state index contributed by atoms with van der Waals surface area (Å²) in [5.74, 6) is 0.860. The first-order valence-electron chi connectivity index (χ1n) is 4.30. The number of rotatable bonds is 3. The average Bonchev–Trinajstić information content (AvgIpc) is 2.92. The van der Waals surface area contributed by atoms with E-state index in [1.165, 1.54) is 12.8 Å². The zero-order valence-corrected chi connectivity index (χ0v) is 8.99. The van der Waals surface area contributed by atoms with E-state index in [0.717, 1.165) is 15.7 Å². The summed E-state index contributed by atoms with van der Waals surface area (Å²) >= 11 is 7.71. The van der Waals surface area contributed by atoms with Gasteiger partial charge in [-0.05, 0) is 31.2 Å². The molecule has 0 atom stereocenters. The summed E-state index contributed by atoms with van der Waals surface area (Å²) in [5.41, 5.74) is 0. The monoisotopic (exact) mass is 214 g/mol. The minimum Gasteiger partial charge on any atom is -0.488 e. The number of para-hydroxylation sites is 1. The van der Waals surface area contributed by atoms with Gasteiger partial charge in [0.2, 0.25) is 0 Å². The highest BCUT2D eigenvalue weighted by Gasteiger charge is 2.25. The Balaban J connectivity index is 2.27. The Bertz CT molecular complexity index is 310. The SMILES string of the molecule is CSc1cccc(Cl)c1OC1CC1. The van der Waals surface area contributed by atoms with Gasteiger partial charge in [-0.3, -0.25) is 0 Å². The van der Waals surface area contributed by atoms with Crippen LogP contribution in [0.5, 0.6) is 5.75 Å². The molecule has 1 aliphatic rings. The fourth-order valence-electron chi connectivity index (χ4n) is 1.12. The summed E-state index contributed by atoms with van der Waals surface area (Å²) in [7, 11) is 0. The molecular weight excluding hydrogens is 204 g/mol. The summed E-state index contributed by atoms with van der Waals surface area (Å²) in [6, 6.07) is 5.86. The van der Waals surface area contributed by atoms with Gasteiger partial charge in [-0.15, -0.1) is 11.8 Å². The van der Waals surface area contributed by atoms with E-state index in [1.54, 1.807) is 11.8 Å². The third-order valence-electron chi connectivity index (χ3n) is 1.96. The molecule has 0 bridgehead atoms. The predicted octanol–water partition coefficient (Wildman–Crippen LogP) is 3.60. The number of hydrogen-bond acceptors (Lipinski definition) is 2. The van der Waals surface area contributed by atoms with Crippen molar-refractivity contribution >= 4 is 23.4 Å². The lowest BCUT2D eigenvalue weighted by Gasteiger charge is -2.10. The maximum absolute atomic E-state index is 6.04. The number of thioether (sulfide) groups is 1. The maximum Gasteiger partial charge on any atom is 0.151 e. The van der Waals surface area contributed by atoms with Gasteiger partial charge in [0.15, 0.2) is 5.75 Å². The summed E-state index contributed by atoms with van der Waals surface area (Å²) in [5, 5.41) is 0.721. The van der Waals surface area contributed by atoms with Gasteiger partial charge in [0.05, 0.1) is 16.0 Å². The van der Waals surface area contributed by atoms with Crippen LogP contribution < -0.4 is 4.74 Å². The number of hydrogen-bond donors (Lipinski definition) is 0. The molecule has 1 nitrogen and oxygen atoms in total. The van der Waals surface area contributed by atoms with Crippen LogP contribution in [-0.2, 0) is 0 Å². The van der Waals surface area contributed by atoms with Crippen LogP contribution in [0.2, 0.25) is 5.02 Å². The third-order valence-corrected chi connectivity index (χ3v) is 3.02. The van der Waals surface area contributed by atoms with Gasteiger partial charge in [0.1, 0.15) is 0 Å². The van der Waals surface area contributed by atoms with Crippen molar-refractivity contribution in [3.8, 4) is 5.75 Å². The van der Waals surface area contributed by atoms with Crippen molar-refractivity contribution in [2.45, 2.75) is 23.8 Å². The van der Waals surface area contributed by atoms with Crippen LogP contribution in [0.3, 0.4) is 0 Å². The number of benzene rings is 1. The largest absolute Gasteiger partial charge is 0.488 e. The van der Waals surface area contributed by atoms with E-state index in [0.29, 0.717) is 6.10 Å². The Labute approximate surface area is 87.4 Å². The first-order chi connectivity index (χ1) is 6.31. The summed E-state index contributed by atoms with van der Waals surface area (Å²) in [4.78, 5) is 1.12. The lowest BCUT2D eigenvalue weighted by Crippen LogP contribution is -1.97. The third kappa shape index (κ3) is 2.12. The molecule has 0 aliphatic heterocycles. The normalized spacial score (nSPS) is 15.8. The summed E-state index contributed by atoms with van der Waals surface area (Å²) in [6.07, 6.45) is 4.77. The molecule has 0 N–H and O–H groups in total. The van der Waals surface area contributed by atoms with Gasteiger partial charge in [0, 0.05) is 0 Å². The first kappa shape index (κ1) is 9.22. The van der Waals surface area contributed by atoms with Gasteiger partial charge in [0.25, 0.3) is 0 Å². The average molecular weight is 215 g/mol. The highest BCUT2D eigenvalue weighted by atomic mass is 35.5. The molecule has 13 heavy (non-hydrogen) atoms. The van der Waals surface area contributed by atoms with Crippen LogP contribution in [0.4, 0.5) is 0 Å². The Hall–Kier alpha value is -0.340. The molecule has 0 amide bonds. The predicted molar refractivity (Wildman–Crippen MR) is 56.9 cm³/mol. The van der Waals surface area contributed by atoms with E-state index in [-0.39, 0.29) is 0 Å². The highest BCUT2D eigenvalue weighted by molar-refractivity contribution is 7.98. The lowest BCUT2D eigenvalue weighted by molar-refractivity contribution is 0.296. The molecule has 0 spiro atoms. The van der Waals surface area contributed by atoms with Crippen LogP contribution in [0, 0.1) is 0 Å². The van der Waals surface area contributed by atoms with Crippen molar-refractivity contribution < 1.29 is 4.74 Å². The Morgan fingerprint density at radius 1 is 1.46 bits per heavy atom. The standard InChI is InChI=1S/C10H11ClOS/c1-13-9-4-2-3-8(11)10(9)12-7-5-6-7/h2-4,7H,5-6H2,1H3. The summed E-state index contributed by atoms with van der Waals surface area (Å²) in [6.45, 7) is 0. The first-order valence-corrected chi connectivity index (χ1v) is 5.90. The molecule has 1 aromatic carbocycles. The second-order valence-electron chi connectivity index (χ2n) is 3.09. The smallest absolute Gasteiger partial charge is 0.151 e. The minimum atomic E-state index is 0.408. The van der Waals surface area contributed by atoms with Crippen LogP contribution in [-0.4, -0.2) is 12.4 Å². The number of ether oxygens (including phenoxy) is 1. The lowest BCUT2D eigenvalue weighted by atomic mass is 10.3. The van der Waals surface area contributed by atoms with Crippen LogP contribution in [0.1, 0.15) is 12.8 Å². The minimum absolute atomic E-state index is 0.408. The second kappa shape index (κ2) is 3.81. The van der Waals surface area contributed by atoms with Gasteiger partial charge < -0.3 is 4.74 Å². The van der Waals surface area contributed by atoms with Crippen molar-refractivity contribution in [3.05, 3.63) is 23.2 Å². The molecule has 1 saturated carbocycles. The van der Waals surface area contributed by atoms with Gasteiger partial charge in [-0.25, -0.2) is 0 Å². The van der Waals surface area contributed by atoms with Gasteiger partial charge >= 0.3 is 0 Å². The fraction of sp³-hybridized carbons (Fsp3) is 0.400. The Morgan fingerprint density at radius 2 is 2.23 bits per heavy atom. The molecule has 0 saturated heterocycles. The van der Waals surface area contributed by atoms with E-state index in [9.17, 15) is 0 Å². The molecule has 0 heterocycles. The second-order valence-corrected chi connectivity index (χ2v) is 4.34. The Kier molecular flexibility index (Phi) is 2.70. The van der Waals surface area contributed by atoms with Crippen molar-refractivity contribution in [2.75, 3.05) is 6.26 Å². The summed E-state index contributed by atoms with van der Waals surface area (Å²) < 4.78 is 5.73. The van der Waals surface area contributed by atoms with E-state index in [1.807, 2.05) is 24.5 Å². The van der Waals surface area contributed by atoms with Crippen LogP contribution in [0.15, 0.2) is 23.1 Å². The zero-order valence-electron chi connectivity index (χ0n) is 7.42. The highest BCUT2D eigenvalue weighted by Crippen LogP contribution is 2.38. The molecule has 3 heteroatoms. The maximum atomic E-state index is 6.04. The Morgan fingerprint density at radius 3 is 2.85 bits per heavy atom. The molecule has 0 radical (unpaired) electrons. The number of halogens is 1. The molecular formula is C10H11ClOS. The van der Waals surface area contributed by atoms with Gasteiger partial charge in [-0.1, -0.05) is 17.7 Å². The van der Waals surface area contributed by atoms with Crippen molar-refractivity contribution in [3.63, 3.8) is 0 Å². The van der Waals surface area contributed by atoms with Crippen LogP contribution in [0.25, 0.3) is 0 Å². The molecule has 0 unspecified atom stereocenters. The quantitative estimate of drug-likeness (QED) is 0.711. The van der Waals surface area contributed by atoms with E-state index in [2.05, 4.69) is 0 Å². The zero-order chi connectivity index (χ0) is 9.26. The molecule has 70 valence electrons. The molecule has 2 rings (SSSR count). The fourth-order valence-corrected chi connectivity index (χ4v) is 1.95. The van der Waals surface area contributed by atoms with Crippen molar-refractivity contribution in [2.24, 2.45) is 0 Å². The van der Waals surface area contributed by atoms with Crippen LogP contribution >= 0.6 is 23.4 Å². The van der Waals surface area contributed by atoms with E-state index >= 15 is 0 Å². The molecule has 1 aromatic rings. The van der Waals surface area contributed by atoms with E-state index < -0.39 is 0 Å². The topological polar surface area (TPSA) is 9.23 Å². The van der Waals surface area contributed by atoms with Crippen molar-refractivity contribution in [1.29, 1.82) is 0 Å². The van der Waals surface area contributed by atoms with E-state index in [4.69, 9.17) is 16.3 Å². The van der Waals surface area contributed by atoms with Gasteiger partial charge in [-0.2, -0.15) is 0 Å². The molecule has 1 aliphatic carbocycles. The van der Waals surface area contributed by atoms with Crippen molar-refractivity contribution in [1.82, 2.24) is 0 Å². The molecule has 0 aromatic heterocycles. The molecule has 1 fully saturated rings.